The number of para-hydroxylation sites is 2. The first-order valence-electron chi connectivity index (χ1n) is 10.7. The lowest BCUT2D eigenvalue weighted by molar-refractivity contribution is 0.340. The standard InChI is InChI=1S/C27H26N2O/c1-2-30-26-13-6-3-8-20(26)18-28-21-16-14-19(15-17-21)27-24-11-7-10-22(24)23-9-4-5-12-25(23)29-27/h3-10,12-18,22,24,27,29H,2,11H2,1H3/t22-,24+,27-/m0/s1. The van der Waals surface area contributed by atoms with Crippen LogP contribution in [0.5, 0.6) is 5.75 Å². The van der Waals surface area contributed by atoms with Crippen molar-refractivity contribution in [2.24, 2.45) is 10.9 Å². The Morgan fingerprint density at radius 2 is 1.80 bits per heavy atom. The summed E-state index contributed by atoms with van der Waals surface area (Å²) >= 11 is 0. The van der Waals surface area contributed by atoms with Gasteiger partial charge in [0, 0.05) is 23.4 Å². The molecule has 150 valence electrons. The molecule has 0 saturated carbocycles. The molecule has 3 aromatic carbocycles. The maximum Gasteiger partial charge on any atom is 0.128 e. The van der Waals surface area contributed by atoms with Crippen molar-refractivity contribution in [1.82, 2.24) is 0 Å². The Morgan fingerprint density at radius 1 is 1.00 bits per heavy atom. The molecule has 0 spiro atoms. The molecule has 0 amide bonds. The third-order valence-corrected chi connectivity index (χ3v) is 6.10. The molecule has 1 heterocycles. The highest BCUT2D eigenvalue weighted by atomic mass is 16.5. The summed E-state index contributed by atoms with van der Waals surface area (Å²) in [7, 11) is 0. The van der Waals surface area contributed by atoms with Crippen molar-refractivity contribution in [3.63, 3.8) is 0 Å². The molecule has 3 aromatic rings. The fraction of sp³-hybridized carbons (Fsp3) is 0.222. The second kappa shape index (κ2) is 8.19. The largest absolute Gasteiger partial charge is 0.493 e. The number of anilines is 1. The number of hydrogen-bond donors (Lipinski definition) is 1. The average molecular weight is 395 g/mol. The Kier molecular flexibility index (Phi) is 5.10. The topological polar surface area (TPSA) is 33.6 Å². The van der Waals surface area contributed by atoms with Gasteiger partial charge in [0.1, 0.15) is 5.75 Å². The summed E-state index contributed by atoms with van der Waals surface area (Å²) in [5.74, 6) is 1.93. The molecule has 1 aliphatic carbocycles. The molecule has 0 saturated heterocycles. The van der Waals surface area contributed by atoms with Gasteiger partial charge in [-0.15, -0.1) is 0 Å². The maximum atomic E-state index is 5.69. The van der Waals surface area contributed by atoms with Crippen molar-refractivity contribution < 1.29 is 4.74 Å². The van der Waals surface area contributed by atoms with Crippen LogP contribution in [0.4, 0.5) is 11.4 Å². The molecule has 0 radical (unpaired) electrons. The van der Waals surface area contributed by atoms with Crippen molar-refractivity contribution in [1.29, 1.82) is 0 Å². The molecule has 3 nitrogen and oxygen atoms in total. The molecular weight excluding hydrogens is 368 g/mol. The first-order chi connectivity index (χ1) is 14.8. The zero-order chi connectivity index (χ0) is 20.3. The molecule has 0 fully saturated rings. The maximum absolute atomic E-state index is 5.69. The van der Waals surface area contributed by atoms with E-state index in [9.17, 15) is 0 Å². The van der Waals surface area contributed by atoms with E-state index in [0.717, 1.165) is 23.4 Å². The minimum Gasteiger partial charge on any atom is -0.493 e. The van der Waals surface area contributed by atoms with E-state index in [1.807, 2.05) is 37.4 Å². The number of rotatable bonds is 5. The Balaban J connectivity index is 1.37. The van der Waals surface area contributed by atoms with Gasteiger partial charge >= 0.3 is 0 Å². The minimum absolute atomic E-state index is 0.316. The lowest BCUT2D eigenvalue weighted by Crippen LogP contribution is -2.28. The van der Waals surface area contributed by atoms with Crippen LogP contribution in [0.2, 0.25) is 0 Å². The van der Waals surface area contributed by atoms with Crippen molar-refractivity contribution in [2.75, 3.05) is 11.9 Å². The smallest absolute Gasteiger partial charge is 0.128 e. The summed E-state index contributed by atoms with van der Waals surface area (Å²) in [6.07, 6.45) is 7.71. The van der Waals surface area contributed by atoms with Gasteiger partial charge in [-0.2, -0.15) is 0 Å². The van der Waals surface area contributed by atoms with E-state index in [1.54, 1.807) is 0 Å². The molecule has 0 unspecified atom stereocenters. The number of benzene rings is 3. The summed E-state index contributed by atoms with van der Waals surface area (Å²) in [5, 5.41) is 3.79. The van der Waals surface area contributed by atoms with Crippen LogP contribution < -0.4 is 10.1 Å². The van der Waals surface area contributed by atoms with E-state index in [2.05, 4.69) is 71.0 Å². The number of ether oxygens (including phenoxy) is 1. The van der Waals surface area contributed by atoms with Gasteiger partial charge in [0.25, 0.3) is 0 Å². The number of nitrogens with zero attached hydrogens (tertiary/aromatic N) is 1. The Hall–Kier alpha value is -3.33. The SMILES string of the molecule is CCOc1ccccc1C=Nc1ccc([C@@H]2Nc3ccccc3[C@@H]3C=CC[C@H]32)cc1. The lowest BCUT2D eigenvalue weighted by atomic mass is 9.77. The fourth-order valence-corrected chi connectivity index (χ4v) is 4.66. The molecule has 1 N–H and O–H groups in total. The van der Waals surface area contributed by atoms with Gasteiger partial charge < -0.3 is 10.1 Å². The van der Waals surface area contributed by atoms with Crippen LogP contribution in [0.15, 0.2) is 89.9 Å². The number of nitrogens with one attached hydrogen (secondary N) is 1. The van der Waals surface area contributed by atoms with Crippen LogP contribution in [-0.2, 0) is 0 Å². The highest BCUT2D eigenvalue weighted by Crippen LogP contribution is 2.49. The third kappa shape index (κ3) is 3.52. The van der Waals surface area contributed by atoms with Crippen LogP contribution in [0.1, 0.15) is 42.0 Å². The van der Waals surface area contributed by atoms with E-state index < -0.39 is 0 Å². The quantitative estimate of drug-likeness (QED) is 0.388. The van der Waals surface area contributed by atoms with Gasteiger partial charge in [0.15, 0.2) is 0 Å². The van der Waals surface area contributed by atoms with Crippen molar-refractivity contribution >= 4 is 17.6 Å². The molecule has 30 heavy (non-hydrogen) atoms. The first kappa shape index (κ1) is 18.7. The van der Waals surface area contributed by atoms with Gasteiger partial charge in [0.05, 0.1) is 18.3 Å². The van der Waals surface area contributed by atoms with Gasteiger partial charge in [-0.25, -0.2) is 0 Å². The second-order valence-electron chi connectivity index (χ2n) is 7.88. The molecular formula is C27H26N2O. The van der Waals surface area contributed by atoms with Gasteiger partial charge in [0.2, 0.25) is 0 Å². The van der Waals surface area contributed by atoms with E-state index in [4.69, 9.17) is 4.74 Å². The zero-order valence-corrected chi connectivity index (χ0v) is 17.2. The van der Waals surface area contributed by atoms with Gasteiger partial charge in [-0.05, 0) is 60.7 Å². The number of allylic oxidation sites excluding steroid dienone is 2. The highest BCUT2D eigenvalue weighted by Gasteiger charge is 2.37. The van der Waals surface area contributed by atoms with E-state index in [-0.39, 0.29) is 0 Å². The summed E-state index contributed by atoms with van der Waals surface area (Å²) in [5.41, 5.74) is 5.93. The highest BCUT2D eigenvalue weighted by molar-refractivity contribution is 5.85. The zero-order valence-electron chi connectivity index (χ0n) is 17.2. The van der Waals surface area contributed by atoms with E-state index >= 15 is 0 Å². The van der Waals surface area contributed by atoms with Crippen LogP contribution in [0, 0.1) is 5.92 Å². The number of hydrogen-bond acceptors (Lipinski definition) is 3. The number of fused-ring (bicyclic) bond motifs is 3. The van der Waals surface area contributed by atoms with Crippen LogP contribution in [-0.4, -0.2) is 12.8 Å². The molecule has 3 atom stereocenters. The lowest BCUT2D eigenvalue weighted by Gasteiger charge is -2.37. The monoisotopic (exact) mass is 394 g/mol. The Labute approximate surface area is 178 Å². The molecule has 0 aromatic heterocycles. The Morgan fingerprint density at radius 3 is 2.67 bits per heavy atom. The summed E-state index contributed by atoms with van der Waals surface area (Å²) in [6.45, 7) is 2.64. The molecule has 0 bridgehead atoms. The molecule has 5 rings (SSSR count). The van der Waals surface area contributed by atoms with Crippen molar-refractivity contribution in [2.45, 2.75) is 25.3 Å². The van der Waals surface area contributed by atoms with Crippen molar-refractivity contribution in [3.8, 4) is 5.75 Å². The predicted octanol–water partition coefficient (Wildman–Crippen LogP) is 6.66. The summed E-state index contributed by atoms with van der Waals surface area (Å²) < 4.78 is 5.69. The van der Waals surface area contributed by atoms with E-state index in [0.29, 0.717) is 24.5 Å². The average Bonchev–Trinajstić information content (AvgIpc) is 3.29. The molecule has 2 aliphatic rings. The molecule has 1 aliphatic heterocycles. The van der Waals surface area contributed by atoms with Crippen LogP contribution in [0.25, 0.3) is 0 Å². The predicted molar refractivity (Wildman–Crippen MR) is 124 cm³/mol. The summed E-state index contributed by atoms with van der Waals surface area (Å²) in [4.78, 5) is 4.67. The third-order valence-electron chi connectivity index (χ3n) is 6.10. The van der Waals surface area contributed by atoms with E-state index in [1.165, 1.54) is 16.8 Å². The van der Waals surface area contributed by atoms with Crippen LogP contribution in [0.3, 0.4) is 0 Å². The number of aliphatic imine (C=N–C) groups is 1. The minimum atomic E-state index is 0.316. The normalized spacial score (nSPS) is 21.8. The summed E-state index contributed by atoms with van der Waals surface area (Å²) in [6, 6.07) is 25.6. The van der Waals surface area contributed by atoms with Gasteiger partial charge in [-0.3, -0.25) is 4.99 Å². The first-order valence-corrected chi connectivity index (χ1v) is 10.7. The molecule has 3 heteroatoms. The Bertz CT molecular complexity index is 1080. The second-order valence-corrected chi connectivity index (χ2v) is 7.88. The van der Waals surface area contributed by atoms with Gasteiger partial charge in [-0.1, -0.05) is 54.6 Å². The van der Waals surface area contributed by atoms with Crippen LogP contribution >= 0.6 is 0 Å². The van der Waals surface area contributed by atoms with Crippen molar-refractivity contribution in [3.05, 3.63) is 102 Å². The fourth-order valence-electron chi connectivity index (χ4n) is 4.66.